The number of ether oxygens (including phenoxy) is 1. The molecular weight excluding hydrogens is 466 g/mol. The number of rotatable bonds is 6. The van der Waals surface area contributed by atoms with Gasteiger partial charge < -0.3 is 10.1 Å². The third-order valence-corrected chi connectivity index (χ3v) is 7.81. The fourth-order valence-electron chi connectivity index (χ4n) is 3.56. The number of sulfonamides is 1. The van der Waals surface area contributed by atoms with Crippen LogP contribution in [0.15, 0.2) is 47.4 Å². The van der Waals surface area contributed by atoms with E-state index < -0.39 is 22.0 Å². The summed E-state index contributed by atoms with van der Waals surface area (Å²) in [6, 6.07) is 10.9. The summed E-state index contributed by atoms with van der Waals surface area (Å²) in [6.45, 7) is 2.89. The molecule has 1 aliphatic heterocycles. The van der Waals surface area contributed by atoms with Gasteiger partial charge in [-0.2, -0.15) is 4.31 Å². The summed E-state index contributed by atoms with van der Waals surface area (Å²) in [5.41, 5.74) is 1.28. The maximum Gasteiger partial charge on any atom is 0.413 e. The Morgan fingerprint density at radius 2 is 1.70 bits per heavy atom. The number of hydrogen-bond donors (Lipinski definition) is 1. The molecule has 0 radical (unpaired) electrons. The van der Waals surface area contributed by atoms with E-state index in [4.69, 9.17) is 16.3 Å². The highest BCUT2D eigenvalue weighted by atomic mass is 35.5. The Labute approximate surface area is 199 Å². The fourth-order valence-corrected chi connectivity index (χ4v) is 5.58. The minimum Gasteiger partial charge on any atom is -0.449 e. The van der Waals surface area contributed by atoms with Crippen LogP contribution in [0, 0.1) is 0 Å². The van der Waals surface area contributed by atoms with Crippen LogP contribution < -0.4 is 10.2 Å². The first-order valence-corrected chi connectivity index (χ1v) is 12.7. The number of hydrogen-bond acceptors (Lipinski definition) is 5. The molecule has 0 atom stereocenters. The van der Waals surface area contributed by atoms with Crippen LogP contribution >= 0.6 is 11.6 Å². The van der Waals surface area contributed by atoms with Gasteiger partial charge in [0, 0.05) is 37.1 Å². The van der Waals surface area contributed by atoms with Gasteiger partial charge in [-0.05, 0) is 62.2 Å². The molecule has 0 spiro atoms. The standard InChI is InChI=1S/C23H28ClN3O5S/c1-3-32-23(29)26(2)19-11-9-18(10-12-19)25-22(28)17-8-13-20(24)21(16-17)33(30,31)27-14-6-4-5-7-15-27/h8-13,16H,3-7,14-15H2,1-2H3,(H,25,28). The number of carbonyl (C=O) groups excluding carboxylic acids is 2. The average molecular weight is 494 g/mol. The summed E-state index contributed by atoms with van der Waals surface area (Å²) in [5.74, 6) is -0.467. The zero-order valence-electron chi connectivity index (χ0n) is 18.7. The van der Waals surface area contributed by atoms with Crippen molar-refractivity contribution in [2.24, 2.45) is 0 Å². The first kappa shape index (κ1) is 25.0. The quantitative estimate of drug-likeness (QED) is 0.626. The lowest BCUT2D eigenvalue weighted by molar-refractivity contribution is 0.102. The van der Waals surface area contributed by atoms with Gasteiger partial charge in [0.05, 0.1) is 11.6 Å². The monoisotopic (exact) mass is 493 g/mol. The molecule has 8 nitrogen and oxygen atoms in total. The molecule has 1 saturated heterocycles. The van der Waals surface area contributed by atoms with Gasteiger partial charge in [-0.3, -0.25) is 9.69 Å². The normalized spacial score (nSPS) is 14.9. The van der Waals surface area contributed by atoms with E-state index in [9.17, 15) is 18.0 Å². The maximum atomic E-state index is 13.2. The van der Waals surface area contributed by atoms with Crippen LogP contribution in [0.5, 0.6) is 0 Å². The molecule has 1 fully saturated rings. The Morgan fingerprint density at radius 3 is 2.30 bits per heavy atom. The topological polar surface area (TPSA) is 96.0 Å². The van der Waals surface area contributed by atoms with Gasteiger partial charge in [0.1, 0.15) is 4.90 Å². The Morgan fingerprint density at radius 1 is 1.06 bits per heavy atom. The molecule has 1 aliphatic rings. The molecule has 1 heterocycles. The molecule has 2 aromatic rings. The summed E-state index contributed by atoms with van der Waals surface area (Å²) < 4.78 is 32.7. The number of carbonyl (C=O) groups is 2. The third kappa shape index (κ3) is 6.04. The summed E-state index contributed by atoms with van der Waals surface area (Å²) in [6.07, 6.45) is 3.12. The Hall–Kier alpha value is -2.62. The van der Waals surface area contributed by atoms with Crippen molar-refractivity contribution in [1.29, 1.82) is 0 Å². The predicted octanol–water partition coefficient (Wildman–Crippen LogP) is 4.75. The van der Waals surface area contributed by atoms with Crippen LogP contribution in [0.3, 0.4) is 0 Å². The molecule has 33 heavy (non-hydrogen) atoms. The van der Waals surface area contributed by atoms with Crippen molar-refractivity contribution in [3.8, 4) is 0 Å². The average Bonchev–Trinajstić information content (AvgIpc) is 3.09. The van der Waals surface area contributed by atoms with Crippen LogP contribution in [-0.2, 0) is 14.8 Å². The van der Waals surface area contributed by atoms with E-state index in [0.29, 0.717) is 24.5 Å². The maximum absolute atomic E-state index is 13.2. The molecule has 0 aliphatic carbocycles. The Kier molecular flexibility index (Phi) is 8.34. The van der Waals surface area contributed by atoms with Gasteiger partial charge >= 0.3 is 6.09 Å². The van der Waals surface area contributed by atoms with E-state index in [1.807, 2.05) is 0 Å². The lowest BCUT2D eigenvalue weighted by Crippen LogP contribution is -2.32. The van der Waals surface area contributed by atoms with Crippen LogP contribution in [0.4, 0.5) is 16.2 Å². The highest BCUT2D eigenvalue weighted by molar-refractivity contribution is 7.89. The van der Waals surface area contributed by atoms with Crippen LogP contribution in [0.2, 0.25) is 5.02 Å². The molecule has 2 aromatic carbocycles. The minimum absolute atomic E-state index is 0.0647. The second kappa shape index (κ2) is 11.0. The van der Waals surface area contributed by atoms with Gasteiger partial charge in [-0.15, -0.1) is 0 Å². The van der Waals surface area contributed by atoms with Crippen molar-refractivity contribution in [2.75, 3.05) is 37.0 Å². The largest absolute Gasteiger partial charge is 0.449 e. The van der Waals surface area contributed by atoms with Crippen LogP contribution in [0.1, 0.15) is 43.0 Å². The number of anilines is 2. The van der Waals surface area contributed by atoms with Gasteiger partial charge in [-0.1, -0.05) is 24.4 Å². The van der Waals surface area contributed by atoms with Crippen molar-refractivity contribution < 1.29 is 22.7 Å². The zero-order valence-corrected chi connectivity index (χ0v) is 20.3. The molecule has 1 N–H and O–H groups in total. The minimum atomic E-state index is -3.80. The molecule has 178 valence electrons. The smallest absolute Gasteiger partial charge is 0.413 e. The van der Waals surface area contributed by atoms with E-state index in [-0.39, 0.29) is 22.1 Å². The van der Waals surface area contributed by atoms with Gasteiger partial charge in [-0.25, -0.2) is 13.2 Å². The van der Waals surface area contributed by atoms with Gasteiger partial charge in [0.15, 0.2) is 0 Å². The molecule has 2 amide bonds. The number of nitrogens with one attached hydrogen (secondary N) is 1. The lowest BCUT2D eigenvalue weighted by atomic mass is 10.2. The van der Waals surface area contributed by atoms with E-state index in [0.717, 1.165) is 25.7 Å². The molecule has 0 bridgehead atoms. The van der Waals surface area contributed by atoms with E-state index in [1.54, 1.807) is 38.2 Å². The highest BCUT2D eigenvalue weighted by Crippen LogP contribution is 2.28. The Balaban J connectivity index is 1.76. The highest BCUT2D eigenvalue weighted by Gasteiger charge is 2.28. The zero-order chi connectivity index (χ0) is 24.0. The van der Waals surface area contributed by atoms with E-state index in [1.165, 1.54) is 27.4 Å². The summed E-state index contributed by atoms with van der Waals surface area (Å²) in [7, 11) is -2.21. The molecule has 10 heteroatoms. The first-order valence-electron chi connectivity index (χ1n) is 10.9. The summed E-state index contributed by atoms with van der Waals surface area (Å²) in [4.78, 5) is 25.9. The number of amides is 2. The molecular formula is C23H28ClN3O5S. The number of benzene rings is 2. The second-order valence-electron chi connectivity index (χ2n) is 7.72. The van der Waals surface area contributed by atoms with Gasteiger partial charge in [0.25, 0.3) is 5.91 Å². The van der Waals surface area contributed by atoms with Gasteiger partial charge in [0.2, 0.25) is 10.0 Å². The number of halogens is 1. The molecule has 0 aromatic heterocycles. The second-order valence-corrected chi connectivity index (χ2v) is 10.0. The molecule has 0 unspecified atom stereocenters. The summed E-state index contributed by atoms with van der Waals surface area (Å²) in [5, 5.41) is 2.83. The predicted molar refractivity (Wildman–Crippen MR) is 128 cm³/mol. The van der Waals surface area contributed by atoms with Crippen molar-refractivity contribution in [3.05, 3.63) is 53.1 Å². The van der Waals surface area contributed by atoms with Crippen molar-refractivity contribution in [2.45, 2.75) is 37.5 Å². The van der Waals surface area contributed by atoms with E-state index >= 15 is 0 Å². The SMILES string of the molecule is CCOC(=O)N(C)c1ccc(NC(=O)c2ccc(Cl)c(S(=O)(=O)N3CCCCCC3)c2)cc1. The van der Waals surface area contributed by atoms with Crippen molar-refractivity contribution >= 4 is 45.0 Å². The fraction of sp³-hybridized carbons (Fsp3) is 0.391. The molecule has 3 rings (SSSR count). The number of nitrogens with zero attached hydrogens (tertiary/aromatic N) is 2. The van der Waals surface area contributed by atoms with Crippen molar-refractivity contribution in [1.82, 2.24) is 4.31 Å². The van der Waals surface area contributed by atoms with E-state index in [2.05, 4.69) is 5.32 Å². The van der Waals surface area contributed by atoms with Crippen LogP contribution in [-0.4, -0.2) is 51.5 Å². The Bertz CT molecular complexity index is 1100. The van der Waals surface area contributed by atoms with Crippen molar-refractivity contribution in [3.63, 3.8) is 0 Å². The lowest BCUT2D eigenvalue weighted by Gasteiger charge is -2.21. The summed E-state index contributed by atoms with van der Waals surface area (Å²) >= 11 is 6.22. The molecule has 0 saturated carbocycles. The third-order valence-electron chi connectivity index (χ3n) is 5.43. The van der Waals surface area contributed by atoms with Crippen LogP contribution in [0.25, 0.3) is 0 Å². The first-order chi connectivity index (χ1) is 15.7.